The summed E-state index contributed by atoms with van der Waals surface area (Å²) in [5, 5.41) is 11.8. The summed E-state index contributed by atoms with van der Waals surface area (Å²) < 4.78 is 10.9. The lowest BCUT2D eigenvalue weighted by Gasteiger charge is -2.18. The molecule has 1 atom stereocenters. The summed E-state index contributed by atoms with van der Waals surface area (Å²) >= 11 is 0. The van der Waals surface area contributed by atoms with Gasteiger partial charge in [0, 0.05) is 41.6 Å². The van der Waals surface area contributed by atoms with Gasteiger partial charge in [0.2, 0.25) is 0 Å². The van der Waals surface area contributed by atoms with E-state index >= 15 is 0 Å². The van der Waals surface area contributed by atoms with Crippen molar-refractivity contribution in [1.82, 2.24) is 5.32 Å². The highest BCUT2D eigenvalue weighted by molar-refractivity contribution is 7.84. The minimum Gasteiger partial charge on any atom is -0.478 e. The molecular weight excluding hydrogens is 292 g/mol. The normalized spacial score (nSPS) is 14.6. The summed E-state index contributed by atoms with van der Waals surface area (Å²) in [7, 11) is -0.857. The fourth-order valence-electron chi connectivity index (χ4n) is 2.29. The number of rotatable bonds is 5. The lowest BCUT2D eigenvalue weighted by Crippen LogP contribution is -2.39. The van der Waals surface area contributed by atoms with Crippen molar-refractivity contribution >= 4 is 28.5 Å². The molecule has 0 fully saturated rings. The fourth-order valence-corrected chi connectivity index (χ4v) is 2.84. The predicted octanol–water partition coefficient (Wildman–Crippen LogP) is 1.23. The molecule has 6 nitrogen and oxygen atoms in total. The monoisotopic (exact) mass is 310 g/mol. The first-order valence-corrected chi connectivity index (χ1v) is 8.43. The van der Waals surface area contributed by atoms with Gasteiger partial charge in [0.05, 0.1) is 5.56 Å². The Kier molecular flexibility index (Phi) is 4.95. The van der Waals surface area contributed by atoms with E-state index in [-0.39, 0.29) is 11.6 Å². The number of benzene rings is 1. The summed E-state index contributed by atoms with van der Waals surface area (Å²) in [5.41, 5.74) is 1.81. The highest BCUT2D eigenvalue weighted by atomic mass is 32.2. The molecule has 2 rings (SSSR count). The molecule has 1 aromatic carbocycles. The van der Waals surface area contributed by atoms with Gasteiger partial charge in [-0.1, -0.05) is 6.07 Å². The summed E-state index contributed by atoms with van der Waals surface area (Å²) in [6.45, 7) is 1.01. The van der Waals surface area contributed by atoms with Gasteiger partial charge in [-0.2, -0.15) is 0 Å². The summed E-state index contributed by atoms with van der Waals surface area (Å²) in [5.74, 6) is -0.449. The molecule has 1 heterocycles. The van der Waals surface area contributed by atoms with E-state index < -0.39 is 16.8 Å². The molecule has 1 aliphatic rings. The van der Waals surface area contributed by atoms with Crippen LogP contribution in [0.2, 0.25) is 0 Å². The third kappa shape index (κ3) is 3.81. The Morgan fingerprint density at radius 2 is 2.19 bits per heavy atom. The summed E-state index contributed by atoms with van der Waals surface area (Å²) in [6.07, 6.45) is 3.01. The van der Waals surface area contributed by atoms with Crippen LogP contribution in [-0.2, 0) is 17.2 Å². The largest absolute Gasteiger partial charge is 0.478 e. The van der Waals surface area contributed by atoms with Crippen molar-refractivity contribution in [3.63, 3.8) is 0 Å². The van der Waals surface area contributed by atoms with Crippen LogP contribution in [0, 0.1) is 0 Å². The standard InChI is InChI=1S/C14H18N2O4S/c1-21(20)8-2-6-15-14(19)16-7-5-10-3-4-11(13(17)18)9-12(10)16/h3-4,9H,2,5-8H2,1H3,(H,15,19)(H,17,18). The van der Waals surface area contributed by atoms with Crippen molar-refractivity contribution < 1.29 is 18.9 Å². The van der Waals surface area contributed by atoms with Crippen LogP contribution in [0.4, 0.5) is 10.5 Å². The quantitative estimate of drug-likeness (QED) is 0.801. The van der Waals surface area contributed by atoms with Crippen molar-refractivity contribution in [3.05, 3.63) is 29.3 Å². The predicted molar refractivity (Wildman–Crippen MR) is 81.4 cm³/mol. The average molecular weight is 310 g/mol. The van der Waals surface area contributed by atoms with Crippen molar-refractivity contribution in [2.75, 3.05) is 30.0 Å². The Morgan fingerprint density at radius 3 is 2.86 bits per heavy atom. The van der Waals surface area contributed by atoms with Gasteiger partial charge >= 0.3 is 12.0 Å². The van der Waals surface area contributed by atoms with E-state index in [1.54, 1.807) is 23.3 Å². The maximum absolute atomic E-state index is 12.1. The second-order valence-electron chi connectivity index (χ2n) is 4.91. The second kappa shape index (κ2) is 6.71. The molecule has 0 radical (unpaired) electrons. The second-order valence-corrected chi connectivity index (χ2v) is 6.47. The number of carboxylic acids is 1. The van der Waals surface area contributed by atoms with Crippen molar-refractivity contribution in [1.29, 1.82) is 0 Å². The van der Waals surface area contributed by atoms with Crippen molar-refractivity contribution in [2.24, 2.45) is 0 Å². The Balaban J connectivity index is 2.00. The van der Waals surface area contributed by atoms with Crippen LogP contribution in [-0.4, -0.2) is 46.4 Å². The van der Waals surface area contributed by atoms with Crippen LogP contribution in [0.1, 0.15) is 22.3 Å². The fraction of sp³-hybridized carbons (Fsp3) is 0.429. The number of hydrogen-bond acceptors (Lipinski definition) is 3. The number of nitrogens with one attached hydrogen (secondary N) is 1. The first-order valence-electron chi connectivity index (χ1n) is 6.70. The molecule has 21 heavy (non-hydrogen) atoms. The number of hydrogen-bond donors (Lipinski definition) is 2. The van der Waals surface area contributed by atoms with Gasteiger partial charge in [-0.05, 0) is 30.5 Å². The minimum absolute atomic E-state index is 0.176. The number of carbonyl (C=O) groups is 2. The number of fused-ring (bicyclic) bond motifs is 1. The zero-order valence-electron chi connectivity index (χ0n) is 11.8. The molecule has 7 heteroatoms. The molecule has 0 aliphatic carbocycles. The van der Waals surface area contributed by atoms with E-state index in [2.05, 4.69) is 5.32 Å². The van der Waals surface area contributed by atoms with Gasteiger partial charge in [-0.25, -0.2) is 9.59 Å². The van der Waals surface area contributed by atoms with Gasteiger partial charge < -0.3 is 10.4 Å². The van der Waals surface area contributed by atoms with E-state index in [0.717, 1.165) is 12.0 Å². The average Bonchev–Trinajstić information content (AvgIpc) is 2.86. The molecule has 114 valence electrons. The highest BCUT2D eigenvalue weighted by Crippen LogP contribution is 2.29. The minimum atomic E-state index is -1.00. The Labute approximate surface area is 125 Å². The topological polar surface area (TPSA) is 86.7 Å². The van der Waals surface area contributed by atoms with Crippen LogP contribution in [0.5, 0.6) is 0 Å². The van der Waals surface area contributed by atoms with Gasteiger partial charge in [0.25, 0.3) is 0 Å². The zero-order chi connectivity index (χ0) is 15.4. The maximum Gasteiger partial charge on any atom is 0.335 e. The van der Waals surface area contributed by atoms with E-state index in [0.29, 0.717) is 31.0 Å². The summed E-state index contributed by atoms with van der Waals surface area (Å²) in [4.78, 5) is 24.7. The molecule has 1 aromatic rings. The molecule has 0 aromatic heterocycles. The third-order valence-electron chi connectivity index (χ3n) is 3.36. The van der Waals surface area contributed by atoms with Crippen LogP contribution in [0.25, 0.3) is 0 Å². The molecule has 0 saturated heterocycles. The van der Waals surface area contributed by atoms with Gasteiger partial charge in [0.1, 0.15) is 0 Å². The van der Waals surface area contributed by atoms with Gasteiger partial charge in [0.15, 0.2) is 0 Å². The molecule has 2 N–H and O–H groups in total. The van der Waals surface area contributed by atoms with Crippen LogP contribution in [0.3, 0.4) is 0 Å². The lowest BCUT2D eigenvalue weighted by atomic mass is 10.1. The maximum atomic E-state index is 12.1. The Bertz CT molecular complexity index is 588. The first-order chi connectivity index (χ1) is 9.99. The number of nitrogens with zero attached hydrogens (tertiary/aromatic N) is 1. The number of carboxylic acid groups (broad SMARTS) is 1. The highest BCUT2D eigenvalue weighted by Gasteiger charge is 2.25. The summed E-state index contributed by atoms with van der Waals surface area (Å²) in [6, 6.07) is 4.61. The lowest BCUT2D eigenvalue weighted by molar-refractivity contribution is 0.0697. The molecular formula is C14H18N2O4S. The smallest absolute Gasteiger partial charge is 0.335 e. The number of aromatic carboxylic acids is 1. The Morgan fingerprint density at radius 1 is 1.43 bits per heavy atom. The van der Waals surface area contributed by atoms with Crippen LogP contribution >= 0.6 is 0 Å². The molecule has 0 spiro atoms. The molecule has 2 amide bonds. The van der Waals surface area contributed by atoms with E-state index in [4.69, 9.17) is 5.11 Å². The zero-order valence-corrected chi connectivity index (χ0v) is 12.6. The van der Waals surface area contributed by atoms with E-state index in [1.165, 1.54) is 6.07 Å². The molecule has 1 unspecified atom stereocenters. The first kappa shape index (κ1) is 15.5. The number of carbonyl (C=O) groups excluding carboxylic acids is 1. The van der Waals surface area contributed by atoms with Crippen molar-refractivity contribution in [2.45, 2.75) is 12.8 Å². The van der Waals surface area contributed by atoms with Crippen molar-refractivity contribution in [3.8, 4) is 0 Å². The van der Waals surface area contributed by atoms with E-state index in [9.17, 15) is 13.8 Å². The molecule has 0 bridgehead atoms. The molecule has 1 aliphatic heterocycles. The van der Waals surface area contributed by atoms with Crippen LogP contribution in [0.15, 0.2) is 18.2 Å². The van der Waals surface area contributed by atoms with E-state index in [1.807, 2.05) is 0 Å². The van der Waals surface area contributed by atoms with Gasteiger partial charge in [-0.3, -0.25) is 9.11 Å². The third-order valence-corrected chi connectivity index (χ3v) is 4.22. The van der Waals surface area contributed by atoms with Gasteiger partial charge in [-0.15, -0.1) is 0 Å². The number of anilines is 1. The number of urea groups is 1. The molecule has 0 saturated carbocycles. The SMILES string of the molecule is CS(=O)CCCNC(=O)N1CCc2ccc(C(=O)O)cc21. The van der Waals surface area contributed by atoms with Crippen LogP contribution < -0.4 is 10.2 Å². The number of amides is 2. The Hall–Kier alpha value is -1.89.